The smallest absolute Gasteiger partial charge is 0.217 e. The Morgan fingerprint density at radius 2 is 2.14 bits per heavy atom. The zero-order valence-electron chi connectivity index (χ0n) is 11.0. The van der Waals surface area contributed by atoms with Gasteiger partial charge in [-0.15, -0.1) is 0 Å². The molecule has 0 bridgehead atoms. The quantitative estimate of drug-likeness (QED) is 0.766. The SMILES string of the molecule is COc1ccc2oc(N)c(Nc3ccc(F)c(Cl)c3)c2n1. The molecule has 3 N–H and O–H groups in total. The van der Waals surface area contributed by atoms with Crippen molar-refractivity contribution in [2.75, 3.05) is 18.2 Å². The normalized spacial score (nSPS) is 10.8. The second-order valence-corrected chi connectivity index (χ2v) is 4.70. The fourth-order valence-corrected chi connectivity index (χ4v) is 2.11. The zero-order valence-corrected chi connectivity index (χ0v) is 11.7. The summed E-state index contributed by atoms with van der Waals surface area (Å²) in [5.74, 6) is 0.113. The molecule has 0 aliphatic carbocycles. The van der Waals surface area contributed by atoms with E-state index in [-0.39, 0.29) is 10.9 Å². The van der Waals surface area contributed by atoms with Gasteiger partial charge in [0.1, 0.15) is 17.0 Å². The van der Waals surface area contributed by atoms with Crippen molar-refractivity contribution >= 4 is 40.0 Å². The van der Waals surface area contributed by atoms with Crippen molar-refractivity contribution in [3.8, 4) is 5.88 Å². The van der Waals surface area contributed by atoms with Crippen molar-refractivity contribution in [3.05, 3.63) is 41.2 Å². The van der Waals surface area contributed by atoms with Crippen LogP contribution in [0, 0.1) is 5.82 Å². The molecule has 21 heavy (non-hydrogen) atoms. The highest BCUT2D eigenvalue weighted by Crippen LogP contribution is 2.35. The van der Waals surface area contributed by atoms with Crippen LogP contribution < -0.4 is 15.8 Å². The number of methoxy groups -OCH3 is 1. The van der Waals surface area contributed by atoms with Crippen LogP contribution in [0.5, 0.6) is 5.88 Å². The van der Waals surface area contributed by atoms with Crippen molar-refractivity contribution < 1.29 is 13.5 Å². The van der Waals surface area contributed by atoms with Gasteiger partial charge in [0.2, 0.25) is 11.8 Å². The summed E-state index contributed by atoms with van der Waals surface area (Å²) >= 11 is 5.75. The fraction of sp³-hybridized carbons (Fsp3) is 0.0714. The third-order valence-electron chi connectivity index (χ3n) is 2.93. The number of ether oxygens (including phenoxy) is 1. The number of aromatic nitrogens is 1. The van der Waals surface area contributed by atoms with Crippen molar-refractivity contribution in [1.82, 2.24) is 4.98 Å². The molecule has 0 aliphatic rings. The van der Waals surface area contributed by atoms with E-state index < -0.39 is 5.82 Å². The van der Waals surface area contributed by atoms with Crippen LogP contribution in [0.25, 0.3) is 11.1 Å². The fourth-order valence-electron chi connectivity index (χ4n) is 1.93. The Kier molecular flexibility index (Phi) is 3.31. The van der Waals surface area contributed by atoms with E-state index in [9.17, 15) is 4.39 Å². The summed E-state index contributed by atoms with van der Waals surface area (Å²) < 4.78 is 23.7. The van der Waals surface area contributed by atoms with Crippen LogP contribution in [0.4, 0.5) is 21.6 Å². The van der Waals surface area contributed by atoms with E-state index in [2.05, 4.69) is 10.3 Å². The number of halogens is 2. The highest BCUT2D eigenvalue weighted by Gasteiger charge is 2.15. The summed E-state index contributed by atoms with van der Waals surface area (Å²) in [6.07, 6.45) is 0. The molecule has 0 spiro atoms. The van der Waals surface area contributed by atoms with Crippen molar-refractivity contribution in [3.63, 3.8) is 0 Å². The topological polar surface area (TPSA) is 73.3 Å². The molecular weight excluding hydrogens is 297 g/mol. The lowest BCUT2D eigenvalue weighted by molar-refractivity contribution is 0.399. The van der Waals surface area contributed by atoms with Gasteiger partial charge in [0.05, 0.1) is 12.1 Å². The third-order valence-corrected chi connectivity index (χ3v) is 3.22. The van der Waals surface area contributed by atoms with E-state index in [0.717, 1.165) is 0 Å². The molecular formula is C14H11ClFN3O2. The van der Waals surface area contributed by atoms with Gasteiger partial charge in [-0.05, 0) is 24.3 Å². The minimum atomic E-state index is -0.493. The van der Waals surface area contributed by atoms with E-state index in [4.69, 9.17) is 26.5 Å². The van der Waals surface area contributed by atoms with Gasteiger partial charge in [0.15, 0.2) is 5.58 Å². The highest BCUT2D eigenvalue weighted by molar-refractivity contribution is 6.31. The number of anilines is 3. The van der Waals surface area contributed by atoms with Crippen molar-refractivity contribution in [1.29, 1.82) is 0 Å². The molecule has 0 aliphatic heterocycles. The number of pyridine rings is 1. The van der Waals surface area contributed by atoms with Gasteiger partial charge < -0.3 is 20.2 Å². The van der Waals surface area contributed by atoms with Crippen LogP contribution >= 0.6 is 11.6 Å². The molecule has 7 heteroatoms. The first-order valence-electron chi connectivity index (χ1n) is 6.03. The lowest BCUT2D eigenvalue weighted by atomic mass is 10.3. The van der Waals surface area contributed by atoms with E-state index in [1.54, 1.807) is 18.2 Å². The molecule has 0 radical (unpaired) electrons. The predicted molar refractivity (Wildman–Crippen MR) is 79.7 cm³/mol. The van der Waals surface area contributed by atoms with Crippen molar-refractivity contribution in [2.45, 2.75) is 0 Å². The number of nitrogen functional groups attached to an aromatic ring is 1. The Morgan fingerprint density at radius 1 is 1.33 bits per heavy atom. The number of hydrogen-bond acceptors (Lipinski definition) is 5. The molecule has 3 rings (SSSR count). The number of nitrogens with two attached hydrogens (primary N) is 1. The molecule has 5 nitrogen and oxygen atoms in total. The Hall–Kier alpha value is -2.47. The molecule has 0 amide bonds. The standard InChI is InChI=1S/C14H11ClFN3O2/c1-20-11-5-4-10-12(19-11)13(14(17)21-10)18-7-2-3-9(16)8(15)6-7/h2-6,18H,17H2,1H3. The number of nitrogens with zero attached hydrogens (tertiary/aromatic N) is 1. The predicted octanol–water partition coefficient (Wildman–Crippen LogP) is 3.95. The molecule has 0 saturated carbocycles. The van der Waals surface area contributed by atoms with Gasteiger partial charge in [0, 0.05) is 11.8 Å². The van der Waals surface area contributed by atoms with E-state index in [1.807, 2.05) is 0 Å². The molecule has 0 atom stereocenters. The molecule has 3 aromatic rings. The Morgan fingerprint density at radius 3 is 2.86 bits per heavy atom. The first-order chi connectivity index (χ1) is 10.1. The second-order valence-electron chi connectivity index (χ2n) is 4.30. The molecule has 2 aromatic heterocycles. The van der Waals surface area contributed by atoms with Gasteiger partial charge in [-0.1, -0.05) is 11.6 Å². The monoisotopic (exact) mass is 307 g/mol. The van der Waals surface area contributed by atoms with E-state index in [0.29, 0.717) is 28.4 Å². The number of nitrogens with one attached hydrogen (secondary N) is 1. The summed E-state index contributed by atoms with van der Waals surface area (Å²) in [7, 11) is 1.52. The maximum atomic E-state index is 13.2. The van der Waals surface area contributed by atoms with Gasteiger partial charge in [-0.3, -0.25) is 0 Å². The summed E-state index contributed by atoms with van der Waals surface area (Å²) in [5, 5.41) is 3.04. The van der Waals surface area contributed by atoms with Crippen LogP contribution in [0.1, 0.15) is 0 Å². The number of hydrogen-bond donors (Lipinski definition) is 2. The number of rotatable bonds is 3. The third kappa shape index (κ3) is 2.45. The highest BCUT2D eigenvalue weighted by atomic mass is 35.5. The first-order valence-corrected chi connectivity index (χ1v) is 6.41. The number of furan rings is 1. The maximum Gasteiger partial charge on any atom is 0.217 e. The summed E-state index contributed by atoms with van der Waals surface area (Å²) in [5.41, 5.74) is 7.93. The van der Waals surface area contributed by atoms with Gasteiger partial charge in [0.25, 0.3) is 0 Å². The zero-order chi connectivity index (χ0) is 15.0. The Balaban J connectivity index is 2.06. The average molecular weight is 308 g/mol. The Labute approximate surface area is 124 Å². The molecule has 1 aromatic carbocycles. The second kappa shape index (κ2) is 5.14. The minimum absolute atomic E-state index is 0.0110. The number of fused-ring (bicyclic) bond motifs is 1. The van der Waals surface area contributed by atoms with Crippen LogP contribution in [0.2, 0.25) is 5.02 Å². The van der Waals surface area contributed by atoms with Crippen LogP contribution in [-0.2, 0) is 0 Å². The summed E-state index contributed by atoms with van der Waals surface area (Å²) in [6, 6.07) is 7.64. The molecule has 0 fully saturated rings. The maximum absolute atomic E-state index is 13.2. The molecule has 2 heterocycles. The van der Waals surface area contributed by atoms with Crippen LogP contribution in [0.15, 0.2) is 34.7 Å². The largest absolute Gasteiger partial charge is 0.481 e. The molecule has 0 saturated heterocycles. The van der Waals surface area contributed by atoms with Gasteiger partial charge in [-0.2, -0.15) is 0 Å². The van der Waals surface area contributed by atoms with Gasteiger partial charge >= 0.3 is 0 Å². The van der Waals surface area contributed by atoms with Crippen LogP contribution in [-0.4, -0.2) is 12.1 Å². The lowest BCUT2D eigenvalue weighted by Crippen LogP contribution is -1.95. The molecule has 108 valence electrons. The Bertz CT molecular complexity index is 819. The minimum Gasteiger partial charge on any atom is -0.481 e. The number of benzene rings is 1. The lowest BCUT2D eigenvalue weighted by Gasteiger charge is -2.06. The summed E-state index contributed by atoms with van der Waals surface area (Å²) in [4.78, 5) is 4.29. The van der Waals surface area contributed by atoms with E-state index >= 15 is 0 Å². The van der Waals surface area contributed by atoms with E-state index in [1.165, 1.54) is 19.2 Å². The average Bonchev–Trinajstić information content (AvgIpc) is 2.78. The summed E-state index contributed by atoms with van der Waals surface area (Å²) in [6.45, 7) is 0. The van der Waals surface area contributed by atoms with Crippen molar-refractivity contribution in [2.24, 2.45) is 0 Å². The first kappa shape index (κ1) is 13.5. The molecule has 0 unspecified atom stereocenters. The van der Waals surface area contributed by atoms with Gasteiger partial charge in [-0.25, -0.2) is 9.37 Å². The van der Waals surface area contributed by atoms with Crippen LogP contribution in [0.3, 0.4) is 0 Å².